The molecule has 6 nitrogen and oxygen atoms in total. The Bertz CT molecular complexity index is 1140. The van der Waals surface area contributed by atoms with Gasteiger partial charge in [-0.15, -0.1) is 0 Å². The molecule has 0 bridgehead atoms. The highest BCUT2D eigenvalue weighted by molar-refractivity contribution is 6.05. The number of nitrogens with zero attached hydrogens (tertiary/aromatic N) is 1. The summed E-state index contributed by atoms with van der Waals surface area (Å²) < 4.78 is 28.4. The largest absolute Gasteiger partial charge is 0.493 e. The number of ether oxygens (including phenoxy) is 5. The lowest BCUT2D eigenvalue weighted by Gasteiger charge is -2.23. The van der Waals surface area contributed by atoms with E-state index < -0.39 is 0 Å². The third kappa shape index (κ3) is 4.75. The van der Waals surface area contributed by atoms with E-state index >= 15 is 0 Å². The number of fused-ring (bicyclic) bond motifs is 1. The molecular weight excluding hydrogens is 418 g/mol. The summed E-state index contributed by atoms with van der Waals surface area (Å²) in [5, 5.41) is 0. The highest BCUT2D eigenvalue weighted by atomic mass is 16.5. The van der Waals surface area contributed by atoms with Gasteiger partial charge in [-0.3, -0.25) is 4.99 Å². The van der Waals surface area contributed by atoms with Gasteiger partial charge in [0.1, 0.15) is 6.61 Å². The topological polar surface area (TPSA) is 58.5 Å². The third-order valence-corrected chi connectivity index (χ3v) is 5.74. The van der Waals surface area contributed by atoms with Crippen molar-refractivity contribution in [2.24, 2.45) is 4.99 Å². The van der Waals surface area contributed by atoms with Crippen LogP contribution in [-0.2, 0) is 19.4 Å². The van der Waals surface area contributed by atoms with Crippen molar-refractivity contribution < 1.29 is 23.7 Å². The summed E-state index contributed by atoms with van der Waals surface area (Å²) >= 11 is 0. The van der Waals surface area contributed by atoms with Crippen molar-refractivity contribution in [2.45, 2.75) is 19.4 Å². The molecule has 0 N–H and O–H groups in total. The first-order chi connectivity index (χ1) is 16.2. The maximum Gasteiger partial charge on any atom is 0.203 e. The third-order valence-electron chi connectivity index (χ3n) is 5.74. The zero-order valence-corrected chi connectivity index (χ0v) is 19.5. The molecule has 1 heterocycles. The second-order valence-corrected chi connectivity index (χ2v) is 7.69. The Morgan fingerprint density at radius 2 is 1.48 bits per heavy atom. The Morgan fingerprint density at radius 1 is 0.727 bits per heavy atom. The minimum Gasteiger partial charge on any atom is -0.493 e. The van der Waals surface area contributed by atoms with E-state index in [1.54, 1.807) is 28.4 Å². The van der Waals surface area contributed by atoms with Crippen molar-refractivity contribution in [3.05, 3.63) is 76.9 Å². The average molecular weight is 448 g/mol. The maximum absolute atomic E-state index is 6.10. The molecule has 0 saturated heterocycles. The minimum atomic E-state index is 0.471. The van der Waals surface area contributed by atoms with Gasteiger partial charge in [0.25, 0.3) is 0 Å². The van der Waals surface area contributed by atoms with E-state index in [1.807, 2.05) is 54.6 Å². The molecule has 0 saturated carbocycles. The van der Waals surface area contributed by atoms with Crippen LogP contribution in [0.5, 0.6) is 28.7 Å². The fraction of sp³-hybridized carbons (Fsp3) is 0.296. The minimum absolute atomic E-state index is 0.471. The van der Waals surface area contributed by atoms with E-state index in [9.17, 15) is 0 Å². The van der Waals surface area contributed by atoms with Crippen LogP contribution in [0.3, 0.4) is 0 Å². The van der Waals surface area contributed by atoms with Crippen LogP contribution in [0.15, 0.2) is 59.6 Å². The van der Waals surface area contributed by atoms with Crippen LogP contribution in [0.25, 0.3) is 0 Å². The highest BCUT2D eigenvalue weighted by Crippen LogP contribution is 2.43. The number of methoxy groups -OCH3 is 4. The lowest BCUT2D eigenvalue weighted by atomic mass is 9.92. The summed E-state index contributed by atoms with van der Waals surface area (Å²) in [6.45, 7) is 1.17. The summed E-state index contributed by atoms with van der Waals surface area (Å²) in [7, 11) is 6.56. The second kappa shape index (κ2) is 10.3. The smallest absolute Gasteiger partial charge is 0.203 e. The van der Waals surface area contributed by atoms with Gasteiger partial charge in [-0.05, 0) is 35.7 Å². The highest BCUT2D eigenvalue weighted by Gasteiger charge is 2.25. The zero-order valence-electron chi connectivity index (χ0n) is 19.5. The lowest BCUT2D eigenvalue weighted by Crippen LogP contribution is -2.17. The van der Waals surface area contributed by atoms with Crippen molar-refractivity contribution in [3.8, 4) is 28.7 Å². The molecule has 0 atom stereocenters. The molecule has 0 amide bonds. The SMILES string of the molecule is COc1ccc(CC2=NCCc3c2cc(OC)c(OC)c3OC)cc1OCc1ccccc1. The van der Waals surface area contributed by atoms with Gasteiger partial charge in [-0.25, -0.2) is 0 Å². The standard InChI is InChI=1S/C27H29NO5/c1-29-23-11-10-19(15-24(23)33-17-18-8-6-5-7-9-18)14-22-21-16-25(30-2)27(32-4)26(31-3)20(21)12-13-28-22/h5-11,15-16H,12-14,17H2,1-4H3. The van der Waals surface area contributed by atoms with Crippen molar-refractivity contribution in [2.75, 3.05) is 35.0 Å². The van der Waals surface area contributed by atoms with Gasteiger partial charge in [0, 0.05) is 29.8 Å². The van der Waals surface area contributed by atoms with Crippen LogP contribution in [0, 0.1) is 0 Å². The fourth-order valence-electron chi connectivity index (χ4n) is 4.13. The van der Waals surface area contributed by atoms with Gasteiger partial charge in [0.05, 0.1) is 28.4 Å². The molecule has 0 fully saturated rings. The number of rotatable bonds is 9. The van der Waals surface area contributed by atoms with Gasteiger partial charge in [-0.2, -0.15) is 0 Å². The number of benzene rings is 3. The van der Waals surface area contributed by atoms with Gasteiger partial charge in [0.15, 0.2) is 23.0 Å². The Balaban J connectivity index is 1.63. The van der Waals surface area contributed by atoms with Gasteiger partial charge >= 0.3 is 0 Å². The predicted octanol–water partition coefficient (Wildman–Crippen LogP) is 4.89. The van der Waals surface area contributed by atoms with Crippen LogP contribution in [-0.4, -0.2) is 40.7 Å². The molecule has 0 aromatic heterocycles. The molecule has 3 aromatic rings. The summed E-state index contributed by atoms with van der Waals surface area (Å²) in [5.74, 6) is 3.36. The number of hydrogen-bond donors (Lipinski definition) is 0. The first-order valence-corrected chi connectivity index (χ1v) is 10.9. The Labute approximate surface area is 194 Å². The molecule has 0 aliphatic carbocycles. The maximum atomic E-state index is 6.10. The van der Waals surface area contributed by atoms with Crippen molar-refractivity contribution >= 4 is 5.71 Å². The average Bonchev–Trinajstić information content (AvgIpc) is 2.87. The van der Waals surface area contributed by atoms with Gasteiger partial charge in [-0.1, -0.05) is 36.4 Å². The molecule has 1 aliphatic rings. The predicted molar refractivity (Wildman–Crippen MR) is 129 cm³/mol. The van der Waals surface area contributed by atoms with E-state index in [-0.39, 0.29) is 0 Å². The fourth-order valence-corrected chi connectivity index (χ4v) is 4.13. The summed E-state index contributed by atoms with van der Waals surface area (Å²) in [6.07, 6.45) is 1.44. The first-order valence-electron chi connectivity index (χ1n) is 10.9. The monoisotopic (exact) mass is 447 g/mol. The molecule has 172 valence electrons. The van der Waals surface area contributed by atoms with Crippen molar-refractivity contribution in [3.63, 3.8) is 0 Å². The van der Waals surface area contributed by atoms with Crippen LogP contribution < -0.4 is 23.7 Å². The number of hydrogen-bond acceptors (Lipinski definition) is 6. The normalized spacial score (nSPS) is 12.4. The first kappa shape index (κ1) is 22.5. The molecule has 6 heteroatoms. The van der Waals surface area contributed by atoms with E-state index in [1.165, 1.54) is 0 Å². The second-order valence-electron chi connectivity index (χ2n) is 7.69. The zero-order chi connectivity index (χ0) is 23.2. The Morgan fingerprint density at radius 3 is 2.18 bits per heavy atom. The molecule has 33 heavy (non-hydrogen) atoms. The molecule has 1 aliphatic heterocycles. The van der Waals surface area contributed by atoms with Crippen LogP contribution in [0.4, 0.5) is 0 Å². The molecule has 0 radical (unpaired) electrons. The van der Waals surface area contributed by atoms with Crippen molar-refractivity contribution in [1.82, 2.24) is 0 Å². The molecular formula is C27H29NO5. The summed E-state index contributed by atoms with van der Waals surface area (Å²) in [5.41, 5.74) is 5.28. The van der Waals surface area contributed by atoms with E-state index in [0.717, 1.165) is 34.4 Å². The van der Waals surface area contributed by atoms with E-state index in [0.29, 0.717) is 48.3 Å². The Hall–Kier alpha value is -3.67. The lowest BCUT2D eigenvalue weighted by molar-refractivity contribution is 0.284. The van der Waals surface area contributed by atoms with Crippen LogP contribution in [0.2, 0.25) is 0 Å². The molecule has 4 rings (SSSR count). The van der Waals surface area contributed by atoms with Crippen LogP contribution >= 0.6 is 0 Å². The van der Waals surface area contributed by atoms with Gasteiger partial charge in [0.2, 0.25) is 5.75 Å². The summed E-state index contributed by atoms with van der Waals surface area (Å²) in [6, 6.07) is 18.1. The van der Waals surface area contributed by atoms with Crippen molar-refractivity contribution in [1.29, 1.82) is 0 Å². The molecule has 0 spiro atoms. The summed E-state index contributed by atoms with van der Waals surface area (Å²) in [4.78, 5) is 4.83. The molecule has 0 unspecified atom stereocenters. The van der Waals surface area contributed by atoms with E-state index in [2.05, 4.69) is 0 Å². The van der Waals surface area contributed by atoms with E-state index in [4.69, 9.17) is 28.7 Å². The van der Waals surface area contributed by atoms with Crippen LogP contribution in [0.1, 0.15) is 22.3 Å². The molecule has 3 aromatic carbocycles. The number of aliphatic imine (C=N–C) groups is 1. The Kier molecular flexibility index (Phi) is 7.03. The van der Waals surface area contributed by atoms with Gasteiger partial charge < -0.3 is 23.7 Å². The quantitative estimate of drug-likeness (QED) is 0.468.